The van der Waals surface area contributed by atoms with E-state index in [9.17, 15) is 4.79 Å². The summed E-state index contributed by atoms with van der Waals surface area (Å²) in [6.45, 7) is 6.70. The summed E-state index contributed by atoms with van der Waals surface area (Å²) >= 11 is 0. The molecule has 1 fully saturated rings. The number of nitrogens with zero attached hydrogens (tertiary/aromatic N) is 1. The highest BCUT2D eigenvalue weighted by molar-refractivity contribution is 5.83. The van der Waals surface area contributed by atoms with Crippen LogP contribution in [0.3, 0.4) is 0 Å². The summed E-state index contributed by atoms with van der Waals surface area (Å²) in [5.74, 6) is 0.646. The molecule has 16 heavy (non-hydrogen) atoms. The fourth-order valence-electron chi connectivity index (χ4n) is 2.20. The van der Waals surface area contributed by atoms with Crippen molar-refractivity contribution in [3.8, 4) is 0 Å². The van der Waals surface area contributed by atoms with E-state index in [4.69, 9.17) is 0 Å². The van der Waals surface area contributed by atoms with Crippen molar-refractivity contribution in [2.24, 2.45) is 5.92 Å². The van der Waals surface area contributed by atoms with Crippen molar-refractivity contribution in [1.29, 1.82) is 0 Å². The third-order valence-corrected chi connectivity index (χ3v) is 3.30. The lowest BCUT2D eigenvalue weighted by atomic mass is 9.97. The summed E-state index contributed by atoms with van der Waals surface area (Å²) in [7, 11) is 0. The first-order chi connectivity index (χ1) is 7.65. The first kappa shape index (κ1) is 11.3. The smallest absolute Gasteiger partial charge is 0.149 e. The molecule has 0 N–H and O–H groups in total. The van der Waals surface area contributed by atoms with Gasteiger partial charge in [0.05, 0.1) is 6.54 Å². The van der Waals surface area contributed by atoms with Gasteiger partial charge in [0, 0.05) is 12.5 Å². The van der Waals surface area contributed by atoms with E-state index in [1.165, 1.54) is 11.1 Å². The van der Waals surface area contributed by atoms with Gasteiger partial charge in [-0.25, -0.2) is 0 Å². The number of rotatable bonds is 2. The van der Waals surface area contributed by atoms with Crippen molar-refractivity contribution in [3.05, 3.63) is 35.4 Å². The minimum atomic E-state index is 0.258. The summed E-state index contributed by atoms with van der Waals surface area (Å²) in [4.78, 5) is 13.9. The fraction of sp³-hybridized carbons (Fsp3) is 0.500. The van der Waals surface area contributed by atoms with Crippen LogP contribution in [0.25, 0.3) is 0 Å². The zero-order chi connectivity index (χ0) is 11.5. The lowest BCUT2D eigenvalue weighted by molar-refractivity contribution is -0.126. The maximum absolute atomic E-state index is 11.6. The average Bonchev–Trinajstić information content (AvgIpc) is 2.24. The molecule has 0 aromatic heterocycles. The molecule has 0 saturated carbocycles. The Kier molecular flexibility index (Phi) is 3.39. The summed E-state index contributed by atoms with van der Waals surface area (Å²) < 4.78 is 0. The first-order valence-corrected chi connectivity index (χ1v) is 5.96. The van der Waals surface area contributed by atoms with E-state index < -0.39 is 0 Å². The molecule has 86 valence electrons. The van der Waals surface area contributed by atoms with E-state index in [0.717, 1.165) is 19.5 Å². The molecule has 1 aromatic carbocycles. The molecule has 1 unspecified atom stereocenters. The van der Waals surface area contributed by atoms with Crippen LogP contribution in [-0.2, 0) is 11.3 Å². The van der Waals surface area contributed by atoms with Gasteiger partial charge in [0.25, 0.3) is 0 Å². The second-order valence-electron chi connectivity index (χ2n) is 4.86. The van der Waals surface area contributed by atoms with Crippen LogP contribution in [0.2, 0.25) is 0 Å². The van der Waals surface area contributed by atoms with E-state index in [2.05, 4.69) is 36.1 Å². The summed E-state index contributed by atoms with van der Waals surface area (Å²) in [6.07, 6.45) is 1.00. The van der Waals surface area contributed by atoms with E-state index >= 15 is 0 Å². The maximum Gasteiger partial charge on any atom is 0.149 e. The molecule has 0 spiro atoms. The molecular formula is C14H19NO. The number of aryl methyl sites for hydroxylation is 1. The van der Waals surface area contributed by atoms with Gasteiger partial charge >= 0.3 is 0 Å². The molecule has 1 atom stereocenters. The van der Waals surface area contributed by atoms with E-state index in [0.29, 0.717) is 12.3 Å². The molecule has 2 heteroatoms. The highest BCUT2D eigenvalue weighted by atomic mass is 16.1. The number of carbonyl (C=O) groups excluding carboxylic acids is 1. The second-order valence-corrected chi connectivity index (χ2v) is 4.86. The van der Waals surface area contributed by atoms with Crippen LogP contribution in [0.1, 0.15) is 24.5 Å². The van der Waals surface area contributed by atoms with E-state index in [-0.39, 0.29) is 5.92 Å². The largest absolute Gasteiger partial charge is 0.298 e. The van der Waals surface area contributed by atoms with Crippen LogP contribution in [0, 0.1) is 12.8 Å². The monoisotopic (exact) mass is 217 g/mol. The van der Waals surface area contributed by atoms with Crippen molar-refractivity contribution in [3.63, 3.8) is 0 Å². The van der Waals surface area contributed by atoms with Crippen LogP contribution in [0.4, 0.5) is 0 Å². The maximum atomic E-state index is 11.6. The second kappa shape index (κ2) is 4.79. The Hall–Kier alpha value is -1.15. The minimum Gasteiger partial charge on any atom is -0.298 e. The number of likely N-dealkylation sites (tertiary alicyclic amines) is 1. The summed E-state index contributed by atoms with van der Waals surface area (Å²) in [5.41, 5.74) is 2.59. The molecular weight excluding hydrogens is 198 g/mol. The zero-order valence-electron chi connectivity index (χ0n) is 10.1. The molecule has 2 nitrogen and oxygen atoms in total. The third kappa shape index (κ3) is 2.70. The Morgan fingerprint density at radius 1 is 1.44 bits per heavy atom. The Labute approximate surface area is 97.3 Å². The van der Waals surface area contributed by atoms with Gasteiger partial charge < -0.3 is 0 Å². The van der Waals surface area contributed by atoms with Gasteiger partial charge in [-0.3, -0.25) is 9.69 Å². The Morgan fingerprint density at radius 3 is 2.94 bits per heavy atom. The van der Waals surface area contributed by atoms with Gasteiger partial charge in [-0.1, -0.05) is 36.8 Å². The number of hydrogen-bond acceptors (Lipinski definition) is 2. The number of hydrogen-bond donors (Lipinski definition) is 0. The van der Waals surface area contributed by atoms with Crippen LogP contribution in [0.15, 0.2) is 24.3 Å². The van der Waals surface area contributed by atoms with Gasteiger partial charge in [-0.05, 0) is 25.5 Å². The number of benzene rings is 1. The molecule has 0 amide bonds. The summed E-state index contributed by atoms with van der Waals surface area (Å²) in [6, 6.07) is 8.52. The number of piperidine rings is 1. The van der Waals surface area contributed by atoms with Crippen molar-refractivity contribution < 1.29 is 4.79 Å². The Morgan fingerprint density at radius 2 is 2.25 bits per heavy atom. The minimum absolute atomic E-state index is 0.258. The number of ketones is 1. The molecule has 0 radical (unpaired) electrons. The predicted molar refractivity (Wildman–Crippen MR) is 65.2 cm³/mol. The number of Topliss-reactive ketones (excluding diaryl/α,β-unsaturated/α-hetero) is 1. The fourth-order valence-corrected chi connectivity index (χ4v) is 2.20. The third-order valence-electron chi connectivity index (χ3n) is 3.30. The molecule has 1 saturated heterocycles. The zero-order valence-corrected chi connectivity index (χ0v) is 10.1. The molecule has 0 aliphatic carbocycles. The normalized spacial score (nSPS) is 22.4. The summed E-state index contributed by atoms with van der Waals surface area (Å²) in [5, 5.41) is 0. The predicted octanol–water partition coefficient (Wildman–Crippen LogP) is 2.41. The first-order valence-electron chi connectivity index (χ1n) is 5.96. The van der Waals surface area contributed by atoms with Gasteiger partial charge in [-0.15, -0.1) is 0 Å². The Bertz CT molecular complexity index is 386. The molecule has 1 aliphatic heterocycles. The van der Waals surface area contributed by atoms with Crippen LogP contribution in [0.5, 0.6) is 0 Å². The average molecular weight is 217 g/mol. The van der Waals surface area contributed by atoms with Crippen LogP contribution in [-0.4, -0.2) is 23.8 Å². The number of carbonyl (C=O) groups is 1. The lowest BCUT2D eigenvalue weighted by Crippen LogP contribution is -2.39. The lowest BCUT2D eigenvalue weighted by Gasteiger charge is -2.29. The van der Waals surface area contributed by atoms with Gasteiger partial charge in [-0.2, -0.15) is 0 Å². The Balaban J connectivity index is 1.98. The molecule has 1 aliphatic rings. The molecule has 1 heterocycles. The van der Waals surface area contributed by atoms with Crippen LogP contribution < -0.4 is 0 Å². The highest BCUT2D eigenvalue weighted by Gasteiger charge is 2.23. The van der Waals surface area contributed by atoms with E-state index in [1.807, 2.05) is 6.92 Å². The van der Waals surface area contributed by atoms with Gasteiger partial charge in [0.2, 0.25) is 0 Å². The van der Waals surface area contributed by atoms with Crippen LogP contribution >= 0.6 is 0 Å². The SMILES string of the molecule is Cc1cccc(CN2CCC(C)C(=O)C2)c1. The van der Waals surface area contributed by atoms with Crippen molar-refractivity contribution in [1.82, 2.24) is 4.90 Å². The van der Waals surface area contributed by atoms with E-state index in [1.54, 1.807) is 0 Å². The van der Waals surface area contributed by atoms with Gasteiger partial charge in [0.15, 0.2) is 0 Å². The highest BCUT2D eigenvalue weighted by Crippen LogP contribution is 2.16. The molecule has 2 rings (SSSR count). The van der Waals surface area contributed by atoms with Crippen molar-refractivity contribution >= 4 is 5.78 Å². The van der Waals surface area contributed by atoms with Crippen molar-refractivity contribution in [2.45, 2.75) is 26.8 Å². The standard InChI is InChI=1S/C14H19NO/c1-11-4-3-5-13(8-11)9-15-7-6-12(2)14(16)10-15/h3-5,8,12H,6-7,9-10H2,1-2H3. The van der Waals surface area contributed by atoms with Gasteiger partial charge in [0.1, 0.15) is 5.78 Å². The molecule has 0 bridgehead atoms. The van der Waals surface area contributed by atoms with Crippen molar-refractivity contribution in [2.75, 3.05) is 13.1 Å². The molecule has 1 aromatic rings. The topological polar surface area (TPSA) is 20.3 Å². The quantitative estimate of drug-likeness (QED) is 0.758.